The van der Waals surface area contributed by atoms with Crippen molar-refractivity contribution in [2.24, 2.45) is 0 Å². The molecule has 35 heavy (non-hydrogen) atoms. The van der Waals surface area contributed by atoms with Crippen molar-refractivity contribution >= 4 is 5.78 Å². The van der Waals surface area contributed by atoms with E-state index in [0.717, 1.165) is 78.8 Å². The highest BCUT2D eigenvalue weighted by Crippen LogP contribution is 2.36. The molecule has 1 aliphatic rings. The molecule has 5 rings (SSSR count). The zero-order valence-electron chi connectivity index (χ0n) is 20.5. The fourth-order valence-corrected chi connectivity index (χ4v) is 5.11. The van der Waals surface area contributed by atoms with Crippen LogP contribution < -0.4 is 0 Å². The quantitative estimate of drug-likeness (QED) is 0.326. The zero-order valence-corrected chi connectivity index (χ0v) is 20.5. The van der Waals surface area contributed by atoms with Crippen LogP contribution in [0, 0.1) is 0 Å². The molecule has 180 valence electrons. The van der Waals surface area contributed by atoms with Crippen LogP contribution in [0.1, 0.15) is 86.0 Å². The number of benzene rings is 2. The lowest BCUT2D eigenvalue weighted by Crippen LogP contribution is -2.25. The lowest BCUT2D eigenvalue weighted by molar-refractivity contribution is 0.0946. The normalized spacial score (nSPS) is 15.4. The number of carbonyl (C=O) groups excluding carboxylic acids is 1. The van der Waals surface area contributed by atoms with Crippen molar-refractivity contribution < 1.29 is 4.79 Å². The first-order chi connectivity index (χ1) is 17.2. The van der Waals surface area contributed by atoms with Crippen LogP contribution >= 0.6 is 0 Å². The van der Waals surface area contributed by atoms with Gasteiger partial charge in [0, 0.05) is 18.4 Å². The second-order valence-corrected chi connectivity index (χ2v) is 9.28. The molecule has 0 radical (unpaired) electrons. The van der Waals surface area contributed by atoms with E-state index in [0.29, 0.717) is 12.2 Å². The molecule has 0 aliphatic carbocycles. The summed E-state index contributed by atoms with van der Waals surface area (Å²) in [6, 6.07) is 16.9. The first kappa shape index (κ1) is 23.1. The smallest absolute Gasteiger partial charge is 0.205 e. The highest BCUT2D eigenvalue weighted by atomic mass is 16.1. The number of tetrazole rings is 1. The lowest BCUT2D eigenvalue weighted by atomic mass is 9.92. The summed E-state index contributed by atoms with van der Waals surface area (Å²) in [5, 5.41) is 14.6. The highest BCUT2D eigenvalue weighted by molar-refractivity contribution is 5.96. The second kappa shape index (κ2) is 10.3. The van der Waals surface area contributed by atoms with Gasteiger partial charge < -0.3 is 4.57 Å². The molecule has 7 heteroatoms. The first-order valence-electron chi connectivity index (χ1n) is 12.8. The number of aryl methyl sites for hydroxylation is 2. The summed E-state index contributed by atoms with van der Waals surface area (Å²) in [5.74, 6) is 1.89. The summed E-state index contributed by atoms with van der Waals surface area (Å²) in [6.45, 7) is 4.38. The number of nitrogens with one attached hydrogen (secondary N) is 1. The van der Waals surface area contributed by atoms with Gasteiger partial charge in [0.25, 0.3) is 0 Å². The van der Waals surface area contributed by atoms with Crippen LogP contribution in [-0.2, 0) is 12.8 Å². The molecule has 3 heterocycles. The van der Waals surface area contributed by atoms with Crippen molar-refractivity contribution in [3.8, 4) is 22.5 Å². The van der Waals surface area contributed by atoms with E-state index >= 15 is 0 Å². The van der Waals surface area contributed by atoms with Crippen LogP contribution in [0.15, 0.2) is 48.5 Å². The average Bonchev–Trinajstić information content (AvgIpc) is 3.56. The van der Waals surface area contributed by atoms with Crippen molar-refractivity contribution in [1.29, 1.82) is 0 Å². The second-order valence-electron chi connectivity index (χ2n) is 9.28. The van der Waals surface area contributed by atoms with E-state index in [1.807, 2.05) is 18.2 Å². The van der Waals surface area contributed by atoms with Crippen LogP contribution in [-0.4, -0.2) is 36.0 Å². The van der Waals surface area contributed by atoms with Crippen molar-refractivity contribution in [3.63, 3.8) is 0 Å². The van der Waals surface area contributed by atoms with Gasteiger partial charge in [-0.15, -0.1) is 10.2 Å². The summed E-state index contributed by atoms with van der Waals surface area (Å²) < 4.78 is 2.27. The SMILES string of the molecule is CCCCc1nc(CCCC)n2c1C(=O)CCC2c1ccc(-c2ccccc2-c2nn[nH]n2)cc1. The largest absolute Gasteiger partial charge is 0.318 e. The molecule has 0 bridgehead atoms. The van der Waals surface area contributed by atoms with Crippen LogP contribution in [0.5, 0.6) is 0 Å². The first-order valence-corrected chi connectivity index (χ1v) is 12.8. The predicted molar refractivity (Wildman–Crippen MR) is 136 cm³/mol. The van der Waals surface area contributed by atoms with E-state index in [1.54, 1.807) is 0 Å². The molecule has 0 amide bonds. The molecular weight excluding hydrogens is 436 g/mol. The number of Topliss-reactive ketones (excluding diaryl/α,β-unsaturated/α-hetero) is 1. The van der Waals surface area contributed by atoms with E-state index in [-0.39, 0.29) is 11.8 Å². The Balaban J connectivity index is 1.51. The molecule has 0 saturated heterocycles. The van der Waals surface area contributed by atoms with Crippen LogP contribution in [0.4, 0.5) is 0 Å². The highest BCUT2D eigenvalue weighted by Gasteiger charge is 2.32. The molecular formula is C28H32N6O. The number of nitrogens with zero attached hydrogens (tertiary/aromatic N) is 5. The topological polar surface area (TPSA) is 89.4 Å². The third-order valence-electron chi connectivity index (χ3n) is 6.92. The van der Waals surface area contributed by atoms with Crippen LogP contribution in [0.25, 0.3) is 22.5 Å². The number of unbranched alkanes of at least 4 members (excludes halogenated alkanes) is 2. The Bertz CT molecular complexity index is 1290. The summed E-state index contributed by atoms with van der Waals surface area (Å²) in [4.78, 5) is 18.1. The summed E-state index contributed by atoms with van der Waals surface area (Å²) >= 11 is 0. The number of rotatable bonds is 9. The molecule has 7 nitrogen and oxygen atoms in total. The van der Waals surface area contributed by atoms with Gasteiger partial charge in [-0.2, -0.15) is 5.21 Å². The Labute approximate surface area is 206 Å². The third-order valence-corrected chi connectivity index (χ3v) is 6.92. The van der Waals surface area contributed by atoms with Gasteiger partial charge >= 0.3 is 0 Å². The Morgan fingerprint density at radius 1 is 0.971 bits per heavy atom. The Hall–Kier alpha value is -3.61. The van der Waals surface area contributed by atoms with Gasteiger partial charge in [0.05, 0.1) is 11.7 Å². The Kier molecular flexibility index (Phi) is 6.84. The molecule has 1 unspecified atom stereocenters. The van der Waals surface area contributed by atoms with Gasteiger partial charge in [-0.3, -0.25) is 4.79 Å². The summed E-state index contributed by atoms with van der Waals surface area (Å²) in [6.07, 6.45) is 7.52. The van der Waals surface area contributed by atoms with Crippen molar-refractivity contribution in [3.05, 3.63) is 71.3 Å². The third kappa shape index (κ3) is 4.55. The molecule has 0 fully saturated rings. The fourth-order valence-electron chi connectivity index (χ4n) is 5.11. The number of aromatic amines is 1. The maximum Gasteiger partial charge on any atom is 0.205 e. The van der Waals surface area contributed by atoms with Crippen molar-refractivity contribution in [1.82, 2.24) is 30.2 Å². The zero-order chi connectivity index (χ0) is 24.2. The van der Waals surface area contributed by atoms with Crippen LogP contribution in [0.3, 0.4) is 0 Å². The predicted octanol–water partition coefficient (Wildman–Crippen LogP) is 5.98. The standard InChI is InChI=1S/C28H32N6O/c1-3-5-11-23-27-25(35)18-17-24(34(27)26(29-23)12-6-4-2)20-15-13-19(14-16-20)21-9-7-8-10-22(21)28-30-32-33-31-28/h7-10,13-16,24H,3-6,11-12,17-18H2,1-2H3,(H,30,31,32,33). The number of aromatic nitrogens is 6. The minimum Gasteiger partial charge on any atom is -0.318 e. The van der Waals surface area contributed by atoms with E-state index in [1.165, 1.54) is 5.56 Å². The van der Waals surface area contributed by atoms with Gasteiger partial charge in [-0.05, 0) is 47.6 Å². The fraction of sp³-hybridized carbons (Fsp3) is 0.393. The number of carbonyl (C=O) groups is 1. The minimum atomic E-state index is 0.138. The molecule has 2 aromatic heterocycles. The van der Waals surface area contributed by atoms with Crippen molar-refractivity contribution in [2.45, 2.75) is 71.3 Å². The van der Waals surface area contributed by atoms with Crippen LogP contribution in [0.2, 0.25) is 0 Å². The summed E-state index contributed by atoms with van der Waals surface area (Å²) in [5.41, 5.74) is 6.17. The minimum absolute atomic E-state index is 0.138. The number of hydrogen-bond donors (Lipinski definition) is 1. The number of hydrogen-bond acceptors (Lipinski definition) is 5. The maximum atomic E-state index is 13.0. The van der Waals surface area contributed by atoms with Gasteiger partial charge in [0.2, 0.25) is 5.82 Å². The monoisotopic (exact) mass is 468 g/mol. The Morgan fingerprint density at radius 2 is 1.71 bits per heavy atom. The Morgan fingerprint density at radius 3 is 2.43 bits per heavy atom. The van der Waals surface area contributed by atoms with Gasteiger partial charge in [-0.1, -0.05) is 75.2 Å². The molecule has 0 spiro atoms. The number of fused-ring (bicyclic) bond motifs is 1. The molecule has 1 atom stereocenters. The lowest BCUT2D eigenvalue weighted by Gasteiger charge is -2.28. The maximum absolute atomic E-state index is 13.0. The van der Waals surface area contributed by atoms with Gasteiger partial charge in [0.15, 0.2) is 5.78 Å². The van der Waals surface area contributed by atoms with E-state index < -0.39 is 0 Å². The molecule has 4 aromatic rings. The van der Waals surface area contributed by atoms with E-state index in [4.69, 9.17) is 4.98 Å². The molecule has 0 saturated carbocycles. The molecule has 1 aliphatic heterocycles. The van der Waals surface area contributed by atoms with Gasteiger partial charge in [-0.25, -0.2) is 4.98 Å². The molecule has 2 aromatic carbocycles. The number of ketones is 1. The number of imidazole rings is 1. The summed E-state index contributed by atoms with van der Waals surface area (Å²) in [7, 11) is 0. The van der Waals surface area contributed by atoms with E-state index in [2.05, 4.69) is 69.4 Å². The molecule has 1 N–H and O–H groups in total. The van der Waals surface area contributed by atoms with Crippen molar-refractivity contribution in [2.75, 3.05) is 0 Å². The van der Waals surface area contributed by atoms with E-state index in [9.17, 15) is 4.79 Å². The number of H-pyrrole nitrogens is 1. The average molecular weight is 469 g/mol. The van der Waals surface area contributed by atoms with Gasteiger partial charge in [0.1, 0.15) is 11.5 Å².